The van der Waals surface area contributed by atoms with Crippen LogP contribution < -0.4 is 10.6 Å². The minimum absolute atomic E-state index is 0.183. The quantitative estimate of drug-likeness (QED) is 0.684. The zero-order chi connectivity index (χ0) is 17.1. The van der Waals surface area contributed by atoms with Crippen LogP contribution in [0, 0.1) is 11.6 Å². The van der Waals surface area contributed by atoms with E-state index in [4.69, 9.17) is 12.2 Å². The summed E-state index contributed by atoms with van der Waals surface area (Å²) < 4.78 is 27.2. The molecule has 2 N–H and O–H groups in total. The Hall–Kier alpha value is -2.86. The zero-order valence-corrected chi connectivity index (χ0v) is 13.2. The summed E-state index contributed by atoms with van der Waals surface area (Å²) in [6.07, 6.45) is 0. The molecule has 0 aliphatic heterocycles. The van der Waals surface area contributed by atoms with E-state index in [1.165, 1.54) is 6.07 Å². The summed E-state index contributed by atoms with van der Waals surface area (Å²) in [6, 6.07) is 16.1. The molecule has 6 heteroatoms. The average molecular weight is 342 g/mol. The molecule has 0 aliphatic rings. The van der Waals surface area contributed by atoms with Crippen LogP contribution in [0.3, 0.4) is 0 Å². The first-order chi connectivity index (χ1) is 11.6. The van der Waals surface area contributed by atoms with Gasteiger partial charge in [-0.3, -0.25) is 10.1 Å². The molecule has 0 saturated carbocycles. The Morgan fingerprint density at radius 3 is 2.25 bits per heavy atom. The van der Waals surface area contributed by atoms with Crippen LogP contribution in [0.5, 0.6) is 0 Å². The van der Waals surface area contributed by atoms with E-state index in [0.29, 0.717) is 5.56 Å². The van der Waals surface area contributed by atoms with Gasteiger partial charge in [0.05, 0.1) is 0 Å². The normalized spacial score (nSPS) is 10.4. The highest BCUT2D eigenvalue weighted by molar-refractivity contribution is 7.80. The van der Waals surface area contributed by atoms with Gasteiger partial charge in [-0.15, -0.1) is 0 Å². The lowest BCUT2D eigenvalue weighted by Gasteiger charge is -2.12. The number of benzene rings is 3. The molecule has 0 fully saturated rings. The molecule has 3 aromatic rings. The number of fused-ring (bicyclic) bond motifs is 1. The Kier molecular flexibility index (Phi) is 4.48. The Morgan fingerprint density at radius 1 is 0.875 bits per heavy atom. The molecule has 120 valence electrons. The summed E-state index contributed by atoms with van der Waals surface area (Å²) in [5.74, 6) is -2.05. The zero-order valence-electron chi connectivity index (χ0n) is 12.3. The first-order valence-electron chi connectivity index (χ1n) is 7.10. The van der Waals surface area contributed by atoms with Crippen molar-refractivity contribution in [2.24, 2.45) is 0 Å². The van der Waals surface area contributed by atoms with Crippen LogP contribution in [-0.4, -0.2) is 11.0 Å². The highest BCUT2D eigenvalue weighted by Gasteiger charge is 2.14. The van der Waals surface area contributed by atoms with Gasteiger partial charge < -0.3 is 5.32 Å². The number of nitrogens with one attached hydrogen (secondary N) is 2. The predicted molar refractivity (Wildman–Crippen MR) is 94.0 cm³/mol. The number of halogens is 2. The molecule has 0 unspecified atom stereocenters. The largest absolute Gasteiger partial charge is 0.328 e. The molecular weight excluding hydrogens is 330 g/mol. The molecule has 24 heavy (non-hydrogen) atoms. The van der Waals surface area contributed by atoms with Gasteiger partial charge in [0.15, 0.2) is 5.11 Å². The molecule has 0 aromatic heterocycles. The number of para-hydroxylation sites is 1. The molecule has 0 aliphatic carbocycles. The molecule has 3 aromatic carbocycles. The van der Waals surface area contributed by atoms with Crippen molar-refractivity contribution in [1.29, 1.82) is 0 Å². The van der Waals surface area contributed by atoms with Crippen molar-refractivity contribution in [3.63, 3.8) is 0 Å². The molecule has 0 radical (unpaired) electrons. The van der Waals surface area contributed by atoms with Gasteiger partial charge in [-0.25, -0.2) is 8.78 Å². The second kappa shape index (κ2) is 6.72. The fourth-order valence-corrected chi connectivity index (χ4v) is 2.55. The number of hydrogen-bond acceptors (Lipinski definition) is 2. The standard InChI is InChI=1S/C18H12F2N2OS/c19-14-9-4-10-15(20)16(14)21-18(24)22-17(23)13-8-3-6-11-5-1-2-7-12(11)13/h1-10H,(H2,21,22,23,24). The van der Waals surface area contributed by atoms with Gasteiger partial charge in [-0.05, 0) is 41.2 Å². The molecule has 0 saturated heterocycles. The number of hydrogen-bond donors (Lipinski definition) is 2. The van der Waals surface area contributed by atoms with Crippen LogP contribution in [0.25, 0.3) is 10.8 Å². The lowest BCUT2D eigenvalue weighted by Crippen LogP contribution is -2.34. The first kappa shape index (κ1) is 16.0. The highest BCUT2D eigenvalue weighted by Crippen LogP contribution is 2.19. The minimum Gasteiger partial charge on any atom is -0.328 e. The molecule has 3 nitrogen and oxygen atoms in total. The number of anilines is 1. The van der Waals surface area contributed by atoms with Crippen molar-refractivity contribution in [2.45, 2.75) is 0 Å². The lowest BCUT2D eigenvalue weighted by atomic mass is 10.0. The fraction of sp³-hybridized carbons (Fsp3) is 0. The summed E-state index contributed by atoms with van der Waals surface area (Å²) in [5, 5.41) is 6.30. The minimum atomic E-state index is -0.795. The third-order valence-electron chi connectivity index (χ3n) is 3.46. The number of carbonyl (C=O) groups is 1. The smallest absolute Gasteiger partial charge is 0.258 e. The van der Waals surface area contributed by atoms with E-state index < -0.39 is 23.2 Å². The summed E-state index contributed by atoms with van der Waals surface area (Å²) in [4.78, 5) is 12.4. The van der Waals surface area contributed by atoms with Gasteiger partial charge >= 0.3 is 0 Å². The van der Waals surface area contributed by atoms with Crippen LogP contribution in [0.2, 0.25) is 0 Å². The predicted octanol–water partition coefficient (Wildman–Crippen LogP) is 4.24. The molecule has 0 spiro atoms. The SMILES string of the molecule is O=C(NC(=S)Nc1c(F)cccc1F)c1cccc2ccccc12. The second-order valence-corrected chi connectivity index (χ2v) is 5.44. The second-order valence-electron chi connectivity index (χ2n) is 5.03. The third kappa shape index (κ3) is 3.23. The monoisotopic (exact) mass is 342 g/mol. The van der Waals surface area contributed by atoms with Crippen LogP contribution in [0.1, 0.15) is 10.4 Å². The van der Waals surface area contributed by atoms with E-state index in [-0.39, 0.29) is 5.11 Å². The van der Waals surface area contributed by atoms with Gasteiger partial charge in [0.1, 0.15) is 17.3 Å². The van der Waals surface area contributed by atoms with Crippen molar-refractivity contribution in [3.05, 3.63) is 77.9 Å². The van der Waals surface area contributed by atoms with E-state index in [9.17, 15) is 13.6 Å². The summed E-state index contributed by atoms with van der Waals surface area (Å²) in [6.45, 7) is 0. The lowest BCUT2D eigenvalue weighted by molar-refractivity contribution is 0.0979. The van der Waals surface area contributed by atoms with Gasteiger partial charge in [0.2, 0.25) is 0 Å². The van der Waals surface area contributed by atoms with Crippen molar-refractivity contribution >= 4 is 39.7 Å². The number of carbonyl (C=O) groups excluding carboxylic acids is 1. The first-order valence-corrected chi connectivity index (χ1v) is 7.51. The molecule has 3 rings (SSSR count). The van der Waals surface area contributed by atoms with E-state index in [1.807, 2.05) is 30.3 Å². The van der Waals surface area contributed by atoms with Crippen LogP contribution in [0.4, 0.5) is 14.5 Å². The summed E-state index contributed by atoms with van der Waals surface area (Å²) >= 11 is 4.98. The number of amides is 1. The molecule has 0 bridgehead atoms. The Labute approximate surface area is 142 Å². The molecule has 1 amide bonds. The summed E-state index contributed by atoms with van der Waals surface area (Å²) in [7, 11) is 0. The molecular formula is C18H12F2N2OS. The fourth-order valence-electron chi connectivity index (χ4n) is 2.36. The van der Waals surface area contributed by atoms with Crippen molar-refractivity contribution in [3.8, 4) is 0 Å². The van der Waals surface area contributed by atoms with Crippen LogP contribution in [-0.2, 0) is 0 Å². The van der Waals surface area contributed by atoms with Gasteiger partial charge in [0.25, 0.3) is 5.91 Å². The maximum atomic E-state index is 13.6. The van der Waals surface area contributed by atoms with Crippen LogP contribution in [0.15, 0.2) is 60.7 Å². The maximum Gasteiger partial charge on any atom is 0.258 e. The maximum absolute atomic E-state index is 13.6. The van der Waals surface area contributed by atoms with E-state index in [2.05, 4.69) is 10.6 Å². The van der Waals surface area contributed by atoms with E-state index in [1.54, 1.807) is 12.1 Å². The van der Waals surface area contributed by atoms with Crippen molar-refractivity contribution in [1.82, 2.24) is 5.32 Å². The third-order valence-corrected chi connectivity index (χ3v) is 3.67. The average Bonchev–Trinajstić information content (AvgIpc) is 2.57. The van der Waals surface area contributed by atoms with Gasteiger partial charge in [-0.1, -0.05) is 42.5 Å². The van der Waals surface area contributed by atoms with E-state index in [0.717, 1.165) is 22.9 Å². The topological polar surface area (TPSA) is 41.1 Å². The molecule has 0 atom stereocenters. The number of rotatable bonds is 2. The molecule has 0 heterocycles. The Balaban J connectivity index is 1.80. The van der Waals surface area contributed by atoms with Gasteiger partial charge in [0, 0.05) is 5.56 Å². The highest BCUT2D eigenvalue weighted by atomic mass is 32.1. The Morgan fingerprint density at radius 2 is 1.50 bits per heavy atom. The Bertz CT molecular complexity index is 918. The van der Waals surface area contributed by atoms with Crippen LogP contribution >= 0.6 is 12.2 Å². The van der Waals surface area contributed by atoms with Gasteiger partial charge in [-0.2, -0.15) is 0 Å². The van der Waals surface area contributed by atoms with Crippen molar-refractivity contribution in [2.75, 3.05) is 5.32 Å². The van der Waals surface area contributed by atoms with E-state index >= 15 is 0 Å². The van der Waals surface area contributed by atoms with Crippen molar-refractivity contribution < 1.29 is 13.6 Å². The summed E-state index contributed by atoms with van der Waals surface area (Å²) in [5.41, 5.74) is 0.0203. The number of thiocarbonyl (C=S) groups is 1.